The van der Waals surface area contributed by atoms with Crippen molar-refractivity contribution in [2.45, 2.75) is 63.8 Å². The highest BCUT2D eigenvalue weighted by atomic mass is 16.5. The summed E-state index contributed by atoms with van der Waals surface area (Å²) in [6, 6.07) is 1.32. The molecule has 3 fully saturated rings. The molecule has 0 aliphatic carbocycles. The van der Waals surface area contributed by atoms with Gasteiger partial charge in [0.1, 0.15) is 0 Å². The highest BCUT2D eigenvalue weighted by Crippen LogP contribution is 2.23. The minimum atomic E-state index is 0.379. The van der Waals surface area contributed by atoms with Crippen LogP contribution in [0.25, 0.3) is 0 Å². The van der Waals surface area contributed by atoms with Crippen molar-refractivity contribution < 1.29 is 9.47 Å². The van der Waals surface area contributed by atoms with Crippen molar-refractivity contribution in [3.63, 3.8) is 0 Å². The van der Waals surface area contributed by atoms with Crippen LogP contribution in [0.15, 0.2) is 0 Å². The molecule has 4 heteroatoms. The Bertz CT molecular complexity index is 305. The molecule has 1 N–H and O–H groups in total. The van der Waals surface area contributed by atoms with Crippen LogP contribution in [0.3, 0.4) is 0 Å². The molecular weight excluding hydrogens is 252 g/mol. The van der Waals surface area contributed by atoms with Gasteiger partial charge in [-0.05, 0) is 38.1 Å². The van der Waals surface area contributed by atoms with E-state index < -0.39 is 0 Å². The lowest BCUT2D eigenvalue weighted by molar-refractivity contribution is -0.0545. The van der Waals surface area contributed by atoms with Crippen molar-refractivity contribution >= 4 is 0 Å². The Balaban J connectivity index is 1.40. The molecule has 20 heavy (non-hydrogen) atoms. The van der Waals surface area contributed by atoms with Crippen LogP contribution in [0.4, 0.5) is 0 Å². The molecule has 3 heterocycles. The molecule has 3 saturated heterocycles. The zero-order valence-electron chi connectivity index (χ0n) is 13.0. The van der Waals surface area contributed by atoms with Gasteiger partial charge in [0, 0.05) is 31.8 Å². The van der Waals surface area contributed by atoms with Crippen LogP contribution in [0.5, 0.6) is 0 Å². The summed E-state index contributed by atoms with van der Waals surface area (Å²) in [4.78, 5) is 2.62. The summed E-state index contributed by atoms with van der Waals surface area (Å²) < 4.78 is 11.9. The Kier molecular flexibility index (Phi) is 4.97. The van der Waals surface area contributed by atoms with Gasteiger partial charge in [-0.1, -0.05) is 13.8 Å². The predicted octanol–water partition coefficient (Wildman–Crippen LogP) is 1.64. The molecule has 0 aromatic heterocycles. The van der Waals surface area contributed by atoms with Gasteiger partial charge in [0.15, 0.2) is 0 Å². The van der Waals surface area contributed by atoms with Crippen molar-refractivity contribution in [2.75, 3.05) is 32.8 Å². The van der Waals surface area contributed by atoms with Gasteiger partial charge in [0.2, 0.25) is 0 Å². The van der Waals surface area contributed by atoms with Crippen LogP contribution in [-0.2, 0) is 9.47 Å². The molecule has 116 valence electrons. The smallest absolute Gasteiger partial charge is 0.0827 e. The van der Waals surface area contributed by atoms with E-state index in [4.69, 9.17) is 9.47 Å². The Morgan fingerprint density at radius 3 is 3.00 bits per heavy atom. The summed E-state index contributed by atoms with van der Waals surface area (Å²) >= 11 is 0. The molecule has 4 atom stereocenters. The second-order valence-corrected chi connectivity index (χ2v) is 7.03. The van der Waals surface area contributed by atoms with Crippen molar-refractivity contribution in [3.8, 4) is 0 Å². The lowest BCUT2D eigenvalue weighted by Gasteiger charge is -2.37. The second kappa shape index (κ2) is 6.73. The first-order chi connectivity index (χ1) is 9.72. The number of hydrogen-bond acceptors (Lipinski definition) is 4. The number of rotatable bonds is 4. The molecule has 0 aromatic carbocycles. The number of nitrogens with zero attached hydrogens (tertiary/aromatic N) is 1. The number of morpholine rings is 1. The number of nitrogens with one attached hydrogen (secondary N) is 1. The van der Waals surface area contributed by atoms with Gasteiger partial charge in [-0.25, -0.2) is 0 Å². The molecular formula is C16H30N2O2. The maximum Gasteiger partial charge on any atom is 0.0827 e. The fourth-order valence-electron chi connectivity index (χ4n) is 3.79. The van der Waals surface area contributed by atoms with Gasteiger partial charge in [-0.15, -0.1) is 0 Å². The van der Waals surface area contributed by atoms with Crippen molar-refractivity contribution in [3.05, 3.63) is 0 Å². The van der Waals surface area contributed by atoms with E-state index in [1.807, 2.05) is 0 Å². The van der Waals surface area contributed by atoms with Gasteiger partial charge >= 0.3 is 0 Å². The van der Waals surface area contributed by atoms with E-state index in [9.17, 15) is 0 Å². The molecule has 0 spiro atoms. The summed E-state index contributed by atoms with van der Waals surface area (Å²) in [5.41, 5.74) is 0. The highest BCUT2D eigenvalue weighted by molar-refractivity contribution is 4.87. The van der Waals surface area contributed by atoms with Crippen molar-refractivity contribution in [2.24, 2.45) is 5.92 Å². The Morgan fingerprint density at radius 1 is 1.25 bits per heavy atom. The highest BCUT2D eigenvalue weighted by Gasteiger charge is 2.32. The standard InChI is InChI=1S/C16H30N2O2/c1-12(2)16-8-13(5-7-19-16)17-9-15-10-18-6-3-4-14(18)11-20-15/h12-17H,3-11H2,1-2H3. The monoisotopic (exact) mass is 282 g/mol. The lowest BCUT2D eigenvalue weighted by atomic mass is 9.95. The molecule has 0 saturated carbocycles. The minimum Gasteiger partial charge on any atom is -0.378 e. The van der Waals surface area contributed by atoms with Crippen LogP contribution < -0.4 is 5.32 Å². The van der Waals surface area contributed by atoms with Crippen LogP contribution in [0.2, 0.25) is 0 Å². The molecule has 0 radical (unpaired) electrons. The van der Waals surface area contributed by atoms with E-state index >= 15 is 0 Å². The Labute approximate surface area is 123 Å². The zero-order chi connectivity index (χ0) is 13.9. The van der Waals surface area contributed by atoms with E-state index in [1.54, 1.807) is 0 Å². The molecule has 4 unspecified atom stereocenters. The van der Waals surface area contributed by atoms with E-state index in [1.165, 1.54) is 19.4 Å². The predicted molar refractivity (Wildman–Crippen MR) is 79.9 cm³/mol. The minimum absolute atomic E-state index is 0.379. The molecule has 0 amide bonds. The summed E-state index contributed by atoms with van der Waals surface area (Å²) in [5.74, 6) is 0.621. The van der Waals surface area contributed by atoms with Crippen molar-refractivity contribution in [1.82, 2.24) is 10.2 Å². The van der Waals surface area contributed by atoms with Crippen LogP contribution in [-0.4, -0.2) is 62.0 Å². The number of hydrogen-bond donors (Lipinski definition) is 1. The maximum absolute atomic E-state index is 6.02. The number of ether oxygens (including phenoxy) is 2. The molecule has 0 aromatic rings. The molecule has 0 bridgehead atoms. The van der Waals surface area contributed by atoms with Crippen molar-refractivity contribution in [1.29, 1.82) is 0 Å². The summed E-state index contributed by atoms with van der Waals surface area (Å²) in [5, 5.41) is 3.72. The lowest BCUT2D eigenvalue weighted by Crippen LogP contribution is -2.51. The average molecular weight is 282 g/mol. The fourth-order valence-corrected chi connectivity index (χ4v) is 3.79. The normalized spacial score (nSPS) is 39.1. The molecule has 3 aliphatic rings. The first-order valence-electron chi connectivity index (χ1n) is 8.43. The summed E-state index contributed by atoms with van der Waals surface area (Å²) in [6.45, 7) is 9.75. The number of fused-ring (bicyclic) bond motifs is 1. The average Bonchev–Trinajstić information content (AvgIpc) is 2.93. The Morgan fingerprint density at radius 2 is 2.15 bits per heavy atom. The topological polar surface area (TPSA) is 33.7 Å². The first-order valence-corrected chi connectivity index (χ1v) is 8.43. The maximum atomic E-state index is 6.02. The van der Waals surface area contributed by atoms with E-state index in [-0.39, 0.29) is 0 Å². The quantitative estimate of drug-likeness (QED) is 0.850. The fraction of sp³-hybridized carbons (Fsp3) is 1.00. The molecule has 3 rings (SSSR count). The van der Waals surface area contributed by atoms with Crippen LogP contribution in [0, 0.1) is 5.92 Å². The van der Waals surface area contributed by atoms with Gasteiger partial charge in [0.25, 0.3) is 0 Å². The van der Waals surface area contributed by atoms with E-state index in [0.29, 0.717) is 30.2 Å². The first kappa shape index (κ1) is 14.8. The van der Waals surface area contributed by atoms with Crippen LogP contribution in [0.1, 0.15) is 39.5 Å². The molecule has 4 nitrogen and oxygen atoms in total. The zero-order valence-corrected chi connectivity index (χ0v) is 13.0. The van der Waals surface area contributed by atoms with Gasteiger partial charge in [-0.2, -0.15) is 0 Å². The Hall–Kier alpha value is -0.160. The van der Waals surface area contributed by atoms with Gasteiger partial charge in [-0.3, -0.25) is 4.90 Å². The van der Waals surface area contributed by atoms with Crippen LogP contribution >= 0.6 is 0 Å². The van der Waals surface area contributed by atoms with Gasteiger partial charge in [0.05, 0.1) is 18.8 Å². The largest absolute Gasteiger partial charge is 0.378 e. The third-order valence-corrected chi connectivity index (χ3v) is 5.15. The second-order valence-electron chi connectivity index (χ2n) is 7.03. The summed E-state index contributed by atoms with van der Waals surface area (Å²) in [6.07, 6.45) is 5.78. The van der Waals surface area contributed by atoms with Gasteiger partial charge < -0.3 is 14.8 Å². The third-order valence-electron chi connectivity index (χ3n) is 5.15. The van der Waals surface area contributed by atoms with E-state index in [2.05, 4.69) is 24.1 Å². The summed E-state index contributed by atoms with van der Waals surface area (Å²) in [7, 11) is 0. The molecule has 3 aliphatic heterocycles. The van der Waals surface area contributed by atoms with E-state index in [0.717, 1.165) is 39.1 Å². The SMILES string of the molecule is CC(C)C1CC(NCC2CN3CCCC3CO2)CCO1. The third kappa shape index (κ3) is 3.53.